The minimum atomic E-state index is -0.0104. The van der Waals surface area contributed by atoms with Crippen LogP contribution in [0, 0.1) is 0 Å². The fourth-order valence-electron chi connectivity index (χ4n) is 0.990. The summed E-state index contributed by atoms with van der Waals surface area (Å²) in [5.41, 5.74) is 5.53. The van der Waals surface area contributed by atoms with Gasteiger partial charge in [-0.15, -0.1) is 0 Å². The molecule has 3 N–H and O–H groups in total. The molecule has 0 fully saturated rings. The summed E-state index contributed by atoms with van der Waals surface area (Å²) >= 11 is 1.37. The van der Waals surface area contributed by atoms with Gasteiger partial charge in [0.1, 0.15) is 5.00 Å². The zero-order valence-electron chi connectivity index (χ0n) is 8.28. The molecule has 0 atom stereocenters. The number of hydrogen-bond acceptors (Lipinski definition) is 5. The maximum Gasteiger partial charge on any atom is 0.239 e. The van der Waals surface area contributed by atoms with Crippen molar-refractivity contribution < 1.29 is 4.79 Å². The number of anilines is 2. The highest BCUT2D eigenvalue weighted by molar-refractivity contribution is 7.19. The van der Waals surface area contributed by atoms with Gasteiger partial charge in [-0.05, 0) is 6.92 Å². The third kappa shape index (κ3) is 2.88. The van der Waals surface area contributed by atoms with Crippen LogP contribution in [-0.4, -0.2) is 31.0 Å². The van der Waals surface area contributed by atoms with Crippen LogP contribution in [0.2, 0.25) is 0 Å². The molecular weight excluding hydrogens is 200 g/mol. The molecule has 14 heavy (non-hydrogen) atoms. The van der Waals surface area contributed by atoms with Gasteiger partial charge in [0.25, 0.3) is 0 Å². The summed E-state index contributed by atoms with van der Waals surface area (Å²) < 4.78 is 0. The molecule has 0 aliphatic carbocycles. The van der Waals surface area contributed by atoms with E-state index in [0.29, 0.717) is 18.1 Å². The van der Waals surface area contributed by atoms with Gasteiger partial charge in [-0.1, -0.05) is 11.3 Å². The van der Waals surface area contributed by atoms with Crippen LogP contribution in [0.25, 0.3) is 0 Å². The van der Waals surface area contributed by atoms with Crippen LogP contribution in [0.4, 0.5) is 10.1 Å². The van der Waals surface area contributed by atoms with Crippen LogP contribution < -0.4 is 16.0 Å². The molecule has 0 aromatic carbocycles. The summed E-state index contributed by atoms with van der Waals surface area (Å²) in [5, 5.41) is 4.13. The van der Waals surface area contributed by atoms with Gasteiger partial charge in [-0.2, -0.15) is 0 Å². The second-order valence-electron chi connectivity index (χ2n) is 2.85. The van der Waals surface area contributed by atoms with Crippen LogP contribution in [-0.2, 0) is 4.79 Å². The molecule has 0 radical (unpaired) electrons. The van der Waals surface area contributed by atoms with Crippen molar-refractivity contribution in [3.8, 4) is 0 Å². The number of thiazole rings is 1. The van der Waals surface area contributed by atoms with E-state index in [1.165, 1.54) is 11.3 Å². The van der Waals surface area contributed by atoms with E-state index in [0.717, 1.165) is 5.13 Å². The summed E-state index contributed by atoms with van der Waals surface area (Å²) in [6, 6.07) is 0. The second-order valence-corrected chi connectivity index (χ2v) is 3.90. The molecule has 1 amide bonds. The number of hydrogen-bond donors (Lipinski definition) is 2. The van der Waals surface area contributed by atoms with Gasteiger partial charge in [-0.3, -0.25) is 4.79 Å². The van der Waals surface area contributed by atoms with Crippen molar-refractivity contribution in [1.82, 2.24) is 10.3 Å². The van der Waals surface area contributed by atoms with Crippen molar-refractivity contribution in [2.24, 2.45) is 0 Å². The minimum absolute atomic E-state index is 0.0104. The maximum absolute atomic E-state index is 11.2. The Kier molecular flexibility index (Phi) is 3.70. The number of amides is 1. The van der Waals surface area contributed by atoms with Crippen molar-refractivity contribution in [2.45, 2.75) is 6.92 Å². The fraction of sp³-hybridized carbons (Fsp3) is 0.500. The highest BCUT2D eigenvalue weighted by Gasteiger charge is 2.09. The standard InChI is InChI=1S/C8H14N4OS/c1-3-10-7(13)5-12(2)8-11-4-6(9)14-8/h4H,3,5,9H2,1-2H3,(H,10,13). The normalized spacial score (nSPS) is 9.86. The first-order chi connectivity index (χ1) is 6.63. The third-order valence-corrected chi connectivity index (χ3v) is 2.53. The Morgan fingerprint density at radius 1 is 1.79 bits per heavy atom. The minimum Gasteiger partial charge on any atom is -0.389 e. The number of carbonyl (C=O) groups is 1. The maximum atomic E-state index is 11.2. The number of carbonyl (C=O) groups excluding carboxylic acids is 1. The van der Waals surface area contributed by atoms with Crippen LogP contribution in [0.3, 0.4) is 0 Å². The Labute approximate surface area is 86.9 Å². The van der Waals surface area contributed by atoms with Crippen LogP contribution in [0.1, 0.15) is 6.92 Å². The Bertz CT molecular complexity index is 312. The first-order valence-electron chi connectivity index (χ1n) is 4.32. The van der Waals surface area contributed by atoms with E-state index in [4.69, 9.17) is 5.73 Å². The molecule has 1 heterocycles. The number of nitrogens with one attached hydrogen (secondary N) is 1. The highest BCUT2D eigenvalue weighted by atomic mass is 32.1. The zero-order chi connectivity index (χ0) is 10.6. The first kappa shape index (κ1) is 10.8. The molecule has 0 saturated carbocycles. The van der Waals surface area contributed by atoms with E-state index < -0.39 is 0 Å². The van der Waals surface area contributed by atoms with Crippen LogP contribution in [0.5, 0.6) is 0 Å². The van der Waals surface area contributed by atoms with Gasteiger partial charge >= 0.3 is 0 Å². The van der Waals surface area contributed by atoms with E-state index in [9.17, 15) is 4.79 Å². The lowest BCUT2D eigenvalue weighted by Crippen LogP contribution is -2.34. The molecule has 0 aliphatic rings. The molecular formula is C8H14N4OS. The van der Waals surface area contributed by atoms with Crippen molar-refractivity contribution in [3.63, 3.8) is 0 Å². The molecule has 6 heteroatoms. The van der Waals surface area contributed by atoms with E-state index in [1.54, 1.807) is 11.1 Å². The lowest BCUT2D eigenvalue weighted by Gasteiger charge is -2.14. The fourth-order valence-corrected chi connectivity index (χ4v) is 1.63. The Hall–Kier alpha value is -1.30. The number of rotatable bonds is 4. The largest absolute Gasteiger partial charge is 0.389 e. The van der Waals surface area contributed by atoms with Crippen molar-refractivity contribution >= 4 is 27.4 Å². The van der Waals surface area contributed by atoms with Gasteiger partial charge in [0.2, 0.25) is 5.91 Å². The van der Waals surface area contributed by atoms with Crippen molar-refractivity contribution in [3.05, 3.63) is 6.20 Å². The Morgan fingerprint density at radius 2 is 2.50 bits per heavy atom. The summed E-state index contributed by atoms with van der Waals surface area (Å²) in [6.45, 7) is 2.84. The topological polar surface area (TPSA) is 71.2 Å². The summed E-state index contributed by atoms with van der Waals surface area (Å²) in [5.74, 6) is -0.0104. The van der Waals surface area contributed by atoms with Gasteiger partial charge < -0.3 is 16.0 Å². The molecule has 0 bridgehead atoms. The second kappa shape index (κ2) is 4.80. The molecule has 5 nitrogen and oxygen atoms in total. The number of nitrogens with zero attached hydrogens (tertiary/aromatic N) is 2. The summed E-state index contributed by atoms with van der Waals surface area (Å²) in [7, 11) is 1.81. The Balaban J connectivity index is 2.50. The third-order valence-electron chi connectivity index (χ3n) is 1.59. The number of likely N-dealkylation sites (N-methyl/N-ethyl adjacent to an activating group) is 2. The smallest absolute Gasteiger partial charge is 0.239 e. The summed E-state index contributed by atoms with van der Waals surface area (Å²) in [6.07, 6.45) is 1.59. The SMILES string of the molecule is CCNC(=O)CN(C)c1ncc(N)s1. The Morgan fingerprint density at radius 3 is 3.00 bits per heavy atom. The molecule has 0 spiro atoms. The average Bonchev–Trinajstić information content (AvgIpc) is 2.52. The molecule has 1 aromatic rings. The van der Waals surface area contributed by atoms with E-state index >= 15 is 0 Å². The van der Waals surface area contributed by atoms with E-state index in [2.05, 4.69) is 10.3 Å². The number of nitrogens with two attached hydrogens (primary N) is 1. The van der Waals surface area contributed by atoms with Gasteiger partial charge in [0, 0.05) is 13.6 Å². The molecule has 1 rings (SSSR count). The van der Waals surface area contributed by atoms with Crippen LogP contribution >= 0.6 is 11.3 Å². The van der Waals surface area contributed by atoms with Crippen LogP contribution in [0.15, 0.2) is 6.20 Å². The first-order valence-corrected chi connectivity index (χ1v) is 5.14. The van der Waals surface area contributed by atoms with Crippen molar-refractivity contribution in [1.29, 1.82) is 0 Å². The molecule has 0 unspecified atom stereocenters. The zero-order valence-corrected chi connectivity index (χ0v) is 9.10. The predicted octanol–water partition coefficient (Wildman–Crippen LogP) is 0.298. The van der Waals surface area contributed by atoms with Gasteiger partial charge in [0.05, 0.1) is 12.7 Å². The number of aromatic nitrogens is 1. The molecule has 0 aliphatic heterocycles. The quantitative estimate of drug-likeness (QED) is 0.756. The van der Waals surface area contributed by atoms with Gasteiger partial charge in [0.15, 0.2) is 5.13 Å². The molecule has 1 aromatic heterocycles. The average molecular weight is 214 g/mol. The van der Waals surface area contributed by atoms with E-state index in [1.807, 2.05) is 14.0 Å². The highest BCUT2D eigenvalue weighted by Crippen LogP contribution is 2.22. The molecule has 78 valence electrons. The lowest BCUT2D eigenvalue weighted by atomic mass is 10.5. The lowest BCUT2D eigenvalue weighted by molar-refractivity contribution is -0.119. The van der Waals surface area contributed by atoms with Crippen molar-refractivity contribution in [2.75, 3.05) is 30.8 Å². The van der Waals surface area contributed by atoms with E-state index in [-0.39, 0.29) is 5.91 Å². The monoisotopic (exact) mass is 214 g/mol. The molecule has 0 saturated heterocycles. The summed E-state index contributed by atoms with van der Waals surface area (Å²) in [4.78, 5) is 17.1. The van der Waals surface area contributed by atoms with Gasteiger partial charge in [-0.25, -0.2) is 4.98 Å². The number of nitrogen functional groups attached to an aromatic ring is 1. The predicted molar refractivity (Wildman–Crippen MR) is 58.5 cm³/mol.